The maximum absolute atomic E-state index is 12.2. The first kappa shape index (κ1) is 13.3. The summed E-state index contributed by atoms with van der Waals surface area (Å²) >= 11 is 0. The zero-order valence-electron chi connectivity index (χ0n) is 10.5. The van der Waals surface area contributed by atoms with Crippen molar-refractivity contribution in [3.05, 3.63) is 33.9 Å². The smallest absolute Gasteiger partial charge is 0.281 e. The average molecular weight is 266 g/mol. The lowest BCUT2D eigenvalue weighted by Gasteiger charge is -2.26. The number of methoxy groups -OCH3 is 1. The molecular formula is C12H14N2O5. The second kappa shape index (κ2) is 5.66. The Hall–Kier alpha value is -2.15. The average Bonchev–Trinajstić information content (AvgIpc) is 2.46. The normalized spacial score (nSPS) is 15.1. The fourth-order valence-electron chi connectivity index (χ4n) is 1.86. The highest BCUT2D eigenvalue weighted by molar-refractivity contribution is 5.96. The molecule has 0 saturated carbocycles. The van der Waals surface area contributed by atoms with Crippen LogP contribution in [0.1, 0.15) is 23.2 Å². The lowest BCUT2D eigenvalue weighted by Crippen LogP contribution is -2.35. The molecule has 1 aliphatic rings. The zero-order valence-corrected chi connectivity index (χ0v) is 10.5. The van der Waals surface area contributed by atoms with Crippen molar-refractivity contribution < 1.29 is 19.3 Å². The molecule has 1 aromatic carbocycles. The van der Waals surface area contributed by atoms with Gasteiger partial charge < -0.3 is 4.74 Å². The van der Waals surface area contributed by atoms with Gasteiger partial charge in [0.15, 0.2) is 0 Å². The van der Waals surface area contributed by atoms with E-state index < -0.39 is 4.92 Å². The van der Waals surface area contributed by atoms with E-state index in [-0.39, 0.29) is 22.9 Å². The Morgan fingerprint density at radius 1 is 1.47 bits per heavy atom. The van der Waals surface area contributed by atoms with E-state index >= 15 is 0 Å². The highest BCUT2D eigenvalue weighted by Crippen LogP contribution is 2.26. The number of carbonyl (C=O) groups is 1. The third-order valence-electron chi connectivity index (χ3n) is 2.86. The lowest BCUT2D eigenvalue weighted by molar-refractivity contribution is -0.384. The Kier molecular flexibility index (Phi) is 3.96. The van der Waals surface area contributed by atoms with E-state index in [2.05, 4.69) is 0 Å². The summed E-state index contributed by atoms with van der Waals surface area (Å²) < 4.78 is 5.04. The van der Waals surface area contributed by atoms with Crippen LogP contribution in [0.15, 0.2) is 18.2 Å². The summed E-state index contributed by atoms with van der Waals surface area (Å²) in [4.78, 5) is 27.6. The molecule has 1 aromatic rings. The van der Waals surface area contributed by atoms with Crippen molar-refractivity contribution in [2.24, 2.45) is 0 Å². The van der Waals surface area contributed by atoms with Crippen LogP contribution in [0.4, 0.5) is 5.69 Å². The molecule has 102 valence electrons. The van der Waals surface area contributed by atoms with Crippen LogP contribution in [0.3, 0.4) is 0 Å². The van der Waals surface area contributed by atoms with E-state index in [9.17, 15) is 14.9 Å². The van der Waals surface area contributed by atoms with Crippen molar-refractivity contribution in [3.8, 4) is 5.75 Å². The van der Waals surface area contributed by atoms with Gasteiger partial charge in [0.05, 0.1) is 30.3 Å². The number of nitro benzene ring substituents is 1. The summed E-state index contributed by atoms with van der Waals surface area (Å²) in [6.07, 6.45) is 1.79. The Bertz CT molecular complexity index is 497. The van der Waals surface area contributed by atoms with Crippen LogP contribution in [0.25, 0.3) is 0 Å². The molecule has 0 unspecified atom stereocenters. The molecule has 0 bridgehead atoms. The molecular weight excluding hydrogens is 252 g/mol. The number of benzene rings is 1. The Morgan fingerprint density at radius 3 is 2.84 bits per heavy atom. The minimum absolute atomic E-state index is 0.118. The highest BCUT2D eigenvalue weighted by Gasteiger charge is 2.24. The monoisotopic (exact) mass is 266 g/mol. The van der Waals surface area contributed by atoms with Crippen molar-refractivity contribution in [3.63, 3.8) is 0 Å². The molecule has 1 fully saturated rings. The Balaban J connectivity index is 2.27. The van der Waals surface area contributed by atoms with Crippen molar-refractivity contribution >= 4 is 11.6 Å². The molecule has 7 nitrogen and oxygen atoms in total. The molecule has 1 amide bonds. The SMILES string of the molecule is COc1cc([N+](=O)[O-])ccc1C(=O)N1CCCCO1. The number of hydroxylamine groups is 2. The molecule has 1 aliphatic heterocycles. The minimum Gasteiger partial charge on any atom is -0.496 e. The van der Waals surface area contributed by atoms with Gasteiger partial charge in [0, 0.05) is 12.6 Å². The molecule has 0 radical (unpaired) electrons. The second-order valence-corrected chi connectivity index (χ2v) is 4.09. The number of nitro groups is 1. The zero-order chi connectivity index (χ0) is 13.8. The van der Waals surface area contributed by atoms with Crippen LogP contribution in [0, 0.1) is 10.1 Å². The van der Waals surface area contributed by atoms with Gasteiger partial charge in [0.2, 0.25) is 0 Å². The fourth-order valence-corrected chi connectivity index (χ4v) is 1.86. The Labute approximate surface area is 109 Å². The van der Waals surface area contributed by atoms with Gasteiger partial charge in [-0.3, -0.25) is 19.7 Å². The van der Waals surface area contributed by atoms with Crippen LogP contribution in [0.5, 0.6) is 5.75 Å². The fraction of sp³-hybridized carbons (Fsp3) is 0.417. The van der Waals surface area contributed by atoms with Crippen LogP contribution >= 0.6 is 0 Å². The summed E-state index contributed by atoms with van der Waals surface area (Å²) in [5.41, 5.74) is 0.142. The molecule has 2 rings (SSSR count). The predicted molar refractivity (Wildman–Crippen MR) is 65.9 cm³/mol. The molecule has 19 heavy (non-hydrogen) atoms. The molecule has 1 saturated heterocycles. The van der Waals surface area contributed by atoms with Gasteiger partial charge in [0.25, 0.3) is 11.6 Å². The summed E-state index contributed by atoms with van der Waals surface area (Å²) in [6.45, 7) is 1.01. The number of hydrogen-bond acceptors (Lipinski definition) is 5. The number of rotatable bonds is 3. The summed E-state index contributed by atoms with van der Waals surface area (Å²) in [7, 11) is 1.37. The Morgan fingerprint density at radius 2 is 2.26 bits per heavy atom. The molecule has 0 spiro atoms. The molecule has 0 aromatic heterocycles. The van der Waals surface area contributed by atoms with Gasteiger partial charge >= 0.3 is 0 Å². The highest BCUT2D eigenvalue weighted by atomic mass is 16.7. The summed E-state index contributed by atoms with van der Waals surface area (Å²) in [5, 5.41) is 12.0. The number of ether oxygens (including phenoxy) is 1. The van der Waals surface area contributed by atoms with Gasteiger partial charge in [-0.05, 0) is 18.9 Å². The van der Waals surface area contributed by atoms with E-state index in [1.165, 1.54) is 30.4 Å². The number of hydrogen-bond donors (Lipinski definition) is 0. The number of non-ortho nitro benzene ring substituents is 1. The summed E-state index contributed by atoms with van der Waals surface area (Å²) in [6, 6.07) is 3.90. The van der Waals surface area contributed by atoms with Gasteiger partial charge in [-0.15, -0.1) is 0 Å². The van der Waals surface area contributed by atoms with E-state index in [1.54, 1.807) is 0 Å². The first-order chi connectivity index (χ1) is 9.13. The van der Waals surface area contributed by atoms with Crippen LogP contribution in [-0.2, 0) is 4.84 Å². The first-order valence-corrected chi connectivity index (χ1v) is 5.90. The molecule has 1 heterocycles. The third kappa shape index (κ3) is 2.82. The largest absolute Gasteiger partial charge is 0.496 e. The van der Waals surface area contributed by atoms with Crippen molar-refractivity contribution in [2.75, 3.05) is 20.3 Å². The summed E-state index contributed by atoms with van der Waals surface area (Å²) in [5.74, 6) is -0.167. The third-order valence-corrected chi connectivity index (χ3v) is 2.86. The topological polar surface area (TPSA) is 81.9 Å². The minimum atomic E-state index is -0.534. The molecule has 0 aliphatic carbocycles. The van der Waals surface area contributed by atoms with Gasteiger partial charge in [0.1, 0.15) is 5.75 Å². The standard InChI is InChI=1S/C12H14N2O5/c1-18-11-8-9(14(16)17)4-5-10(11)12(15)13-6-2-3-7-19-13/h4-5,8H,2-3,6-7H2,1H3. The van der Waals surface area contributed by atoms with Crippen molar-refractivity contribution in [2.45, 2.75) is 12.8 Å². The number of nitrogens with zero attached hydrogens (tertiary/aromatic N) is 2. The molecule has 0 N–H and O–H groups in total. The second-order valence-electron chi connectivity index (χ2n) is 4.09. The van der Waals surface area contributed by atoms with E-state index in [1.807, 2.05) is 0 Å². The maximum atomic E-state index is 12.2. The quantitative estimate of drug-likeness (QED) is 0.615. The van der Waals surface area contributed by atoms with E-state index in [4.69, 9.17) is 9.57 Å². The first-order valence-electron chi connectivity index (χ1n) is 5.90. The van der Waals surface area contributed by atoms with Crippen LogP contribution in [-0.4, -0.2) is 36.2 Å². The number of amides is 1. The predicted octanol–water partition coefficient (Wildman–Crippen LogP) is 1.77. The van der Waals surface area contributed by atoms with E-state index in [0.29, 0.717) is 13.2 Å². The maximum Gasteiger partial charge on any atom is 0.281 e. The molecule has 7 heteroatoms. The van der Waals surface area contributed by atoms with Crippen LogP contribution < -0.4 is 4.74 Å². The van der Waals surface area contributed by atoms with Gasteiger partial charge in [-0.1, -0.05) is 0 Å². The number of carbonyl (C=O) groups excluding carboxylic acids is 1. The van der Waals surface area contributed by atoms with Crippen LogP contribution in [0.2, 0.25) is 0 Å². The van der Waals surface area contributed by atoms with E-state index in [0.717, 1.165) is 12.8 Å². The van der Waals surface area contributed by atoms with Crippen molar-refractivity contribution in [1.82, 2.24) is 5.06 Å². The van der Waals surface area contributed by atoms with Gasteiger partial charge in [-0.25, -0.2) is 5.06 Å². The molecule has 0 atom stereocenters. The van der Waals surface area contributed by atoms with Gasteiger partial charge in [-0.2, -0.15) is 0 Å². The van der Waals surface area contributed by atoms with Crippen molar-refractivity contribution in [1.29, 1.82) is 0 Å². The lowest BCUT2D eigenvalue weighted by atomic mass is 10.1.